The summed E-state index contributed by atoms with van der Waals surface area (Å²) < 4.78 is 7.45. The van der Waals surface area contributed by atoms with Crippen molar-refractivity contribution in [3.63, 3.8) is 0 Å². The molecule has 0 aliphatic heterocycles. The van der Waals surface area contributed by atoms with E-state index in [1.807, 2.05) is 37.4 Å². The van der Waals surface area contributed by atoms with Crippen LogP contribution in [0.4, 0.5) is 0 Å². The van der Waals surface area contributed by atoms with E-state index in [2.05, 4.69) is 20.2 Å². The van der Waals surface area contributed by atoms with Gasteiger partial charge >= 0.3 is 0 Å². The van der Waals surface area contributed by atoms with Crippen LogP contribution in [0.15, 0.2) is 53.3 Å². The molecule has 0 unspecified atom stereocenters. The van der Waals surface area contributed by atoms with Gasteiger partial charge in [-0.05, 0) is 18.2 Å². The van der Waals surface area contributed by atoms with Crippen LogP contribution in [0.3, 0.4) is 0 Å². The van der Waals surface area contributed by atoms with Crippen LogP contribution >= 0.6 is 0 Å². The number of hydrogen-bond donors (Lipinski definition) is 0. The van der Waals surface area contributed by atoms with Crippen molar-refractivity contribution < 1.29 is 9.21 Å². The molecule has 1 aromatic carbocycles. The van der Waals surface area contributed by atoms with Gasteiger partial charge < -0.3 is 13.9 Å². The SMILES string of the molecule is CN(Cc1nnc(-c2ccccc2)o1)C(=O)c1cnc2c(c1)ncn2C. The lowest BCUT2D eigenvalue weighted by atomic mass is 10.2. The van der Waals surface area contributed by atoms with Gasteiger partial charge in [-0.1, -0.05) is 18.2 Å². The molecule has 26 heavy (non-hydrogen) atoms. The van der Waals surface area contributed by atoms with Crippen LogP contribution in [0.5, 0.6) is 0 Å². The summed E-state index contributed by atoms with van der Waals surface area (Å²) >= 11 is 0. The van der Waals surface area contributed by atoms with E-state index in [0.717, 1.165) is 11.2 Å². The number of aromatic nitrogens is 5. The number of amides is 1. The molecule has 0 aliphatic rings. The highest BCUT2D eigenvalue weighted by atomic mass is 16.4. The first-order valence-corrected chi connectivity index (χ1v) is 8.02. The van der Waals surface area contributed by atoms with E-state index in [4.69, 9.17) is 4.42 Å². The lowest BCUT2D eigenvalue weighted by Crippen LogP contribution is -2.26. The first-order valence-electron chi connectivity index (χ1n) is 8.02. The maximum Gasteiger partial charge on any atom is 0.255 e. The Balaban J connectivity index is 1.51. The third-order valence-corrected chi connectivity index (χ3v) is 4.01. The molecular weight excluding hydrogens is 332 g/mol. The normalized spacial score (nSPS) is 11.0. The number of aryl methyl sites for hydroxylation is 1. The molecule has 0 atom stereocenters. The number of hydrogen-bond acceptors (Lipinski definition) is 6. The summed E-state index contributed by atoms with van der Waals surface area (Å²) in [6.07, 6.45) is 3.21. The molecule has 0 spiro atoms. The summed E-state index contributed by atoms with van der Waals surface area (Å²) in [6.45, 7) is 0.207. The largest absolute Gasteiger partial charge is 0.419 e. The lowest BCUT2D eigenvalue weighted by molar-refractivity contribution is 0.0773. The highest BCUT2D eigenvalue weighted by Gasteiger charge is 2.17. The molecular formula is C18H16N6O2. The van der Waals surface area contributed by atoms with Crippen molar-refractivity contribution in [1.29, 1.82) is 0 Å². The highest BCUT2D eigenvalue weighted by molar-refractivity contribution is 5.96. The zero-order chi connectivity index (χ0) is 18.1. The zero-order valence-corrected chi connectivity index (χ0v) is 14.3. The topological polar surface area (TPSA) is 89.9 Å². The standard InChI is InChI=1S/C18H16N6O2/c1-23(10-15-21-22-17(26-15)12-6-4-3-5-7-12)18(25)13-8-14-16(19-9-13)24(2)11-20-14/h3-9,11H,10H2,1-2H3. The molecule has 0 N–H and O–H groups in total. The number of imidazole rings is 1. The number of rotatable bonds is 4. The van der Waals surface area contributed by atoms with Crippen LogP contribution < -0.4 is 0 Å². The Bertz CT molecular complexity index is 1070. The lowest BCUT2D eigenvalue weighted by Gasteiger charge is -2.14. The molecule has 130 valence electrons. The first kappa shape index (κ1) is 15.9. The molecule has 1 amide bonds. The molecule has 0 saturated heterocycles. The van der Waals surface area contributed by atoms with E-state index in [1.165, 1.54) is 4.90 Å². The second-order valence-electron chi connectivity index (χ2n) is 5.95. The molecule has 4 aromatic rings. The fourth-order valence-corrected chi connectivity index (χ4v) is 2.64. The Labute approximate surface area is 149 Å². The summed E-state index contributed by atoms with van der Waals surface area (Å²) in [4.78, 5) is 22.7. The van der Waals surface area contributed by atoms with Gasteiger partial charge in [0.05, 0.1) is 18.4 Å². The fourth-order valence-electron chi connectivity index (χ4n) is 2.64. The predicted molar refractivity (Wildman–Crippen MR) is 94.0 cm³/mol. The molecule has 8 nitrogen and oxygen atoms in total. The van der Waals surface area contributed by atoms with Crippen molar-refractivity contribution in [3.05, 3.63) is 60.4 Å². The number of benzene rings is 1. The Morgan fingerprint density at radius 3 is 2.81 bits per heavy atom. The van der Waals surface area contributed by atoms with E-state index in [-0.39, 0.29) is 12.5 Å². The Morgan fingerprint density at radius 1 is 1.19 bits per heavy atom. The van der Waals surface area contributed by atoms with Crippen molar-refractivity contribution >= 4 is 17.1 Å². The molecule has 8 heteroatoms. The summed E-state index contributed by atoms with van der Waals surface area (Å²) in [5.41, 5.74) is 2.70. The van der Waals surface area contributed by atoms with Crippen molar-refractivity contribution in [2.75, 3.05) is 7.05 Å². The van der Waals surface area contributed by atoms with Gasteiger partial charge in [0.15, 0.2) is 5.65 Å². The molecule has 0 aliphatic carbocycles. The molecule has 3 heterocycles. The van der Waals surface area contributed by atoms with Gasteiger partial charge in [-0.2, -0.15) is 0 Å². The van der Waals surface area contributed by atoms with E-state index in [0.29, 0.717) is 22.9 Å². The Morgan fingerprint density at radius 2 is 2.00 bits per heavy atom. The monoisotopic (exact) mass is 348 g/mol. The molecule has 4 rings (SSSR count). The van der Waals surface area contributed by atoms with E-state index in [1.54, 1.807) is 30.2 Å². The summed E-state index contributed by atoms with van der Waals surface area (Å²) in [5, 5.41) is 8.06. The Hall–Kier alpha value is -3.55. The average Bonchev–Trinajstić information content (AvgIpc) is 3.28. The fraction of sp³-hybridized carbons (Fsp3) is 0.167. The molecule has 3 aromatic heterocycles. The van der Waals surface area contributed by atoms with Crippen molar-refractivity contribution in [2.45, 2.75) is 6.54 Å². The first-order chi connectivity index (χ1) is 12.6. The predicted octanol–water partition coefficient (Wildman–Crippen LogP) is 2.29. The van der Waals surface area contributed by atoms with E-state index < -0.39 is 0 Å². The molecule has 0 saturated carbocycles. The van der Waals surface area contributed by atoms with Gasteiger partial charge in [-0.15, -0.1) is 10.2 Å². The average molecular weight is 348 g/mol. The number of pyridine rings is 1. The second-order valence-corrected chi connectivity index (χ2v) is 5.95. The smallest absolute Gasteiger partial charge is 0.255 e. The number of nitrogens with zero attached hydrogens (tertiary/aromatic N) is 6. The van der Waals surface area contributed by atoms with Gasteiger partial charge in [0, 0.05) is 25.9 Å². The highest BCUT2D eigenvalue weighted by Crippen LogP contribution is 2.18. The van der Waals surface area contributed by atoms with Gasteiger partial charge in [0.1, 0.15) is 5.52 Å². The molecule has 0 fully saturated rings. The minimum atomic E-state index is -0.190. The third-order valence-electron chi connectivity index (χ3n) is 4.01. The zero-order valence-electron chi connectivity index (χ0n) is 14.3. The maximum atomic E-state index is 12.6. The number of carbonyl (C=O) groups excluding carboxylic acids is 1. The van der Waals surface area contributed by atoms with E-state index in [9.17, 15) is 4.79 Å². The second kappa shape index (κ2) is 6.40. The van der Waals surface area contributed by atoms with Crippen LogP contribution in [-0.4, -0.2) is 42.6 Å². The van der Waals surface area contributed by atoms with Crippen LogP contribution in [0.25, 0.3) is 22.6 Å². The number of carbonyl (C=O) groups is 1. The van der Waals surface area contributed by atoms with Crippen LogP contribution in [0.2, 0.25) is 0 Å². The summed E-state index contributed by atoms with van der Waals surface area (Å²) in [5.74, 6) is 0.606. The van der Waals surface area contributed by atoms with Crippen molar-refractivity contribution in [3.8, 4) is 11.5 Å². The van der Waals surface area contributed by atoms with Gasteiger partial charge in [-0.25, -0.2) is 9.97 Å². The van der Waals surface area contributed by atoms with Crippen LogP contribution in [0, 0.1) is 0 Å². The summed E-state index contributed by atoms with van der Waals surface area (Å²) in [6, 6.07) is 11.2. The number of fused-ring (bicyclic) bond motifs is 1. The van der Waals surface area contributed by atoms with Crippen LogP contribution in [0.1, 0.15) is 16.2 Å². The minimum absolute atomic E-state index is 0.190. The Kier molecular flexibility index (Phi) is 3.92. The van der Waals surface area contributed by atoms with Crippen LogP contribution in [-0.2, 0) is 13.6 Å². The van der Waals surface area contributed by atoms with Gasteiger partial charge in [0.2, 0.25) is 11.8 Å². The summed E-state index contributed by atoms with van der Waals surface area (Å²) in [7, 11) is 3.53. The van der Waals surface area contributed by atoms with Gasteiger partial charge in [-0.3, -0.25) is 4.79 Å². The van der Waals surface area contributed by atoms with Crippen molar-refractivity contribution in [2.24, 2.45) is 7.05 Å². The third kappa shape index (κ3) is 2.92. The quantitative estimate of drug-likeness (QED) is 0.562. The van der Waals surface area contributed by atoms with Crippen molar-refractivity contribution in [1.82, 2.24) is 29.6 Å². The van der Waals surface area contributed by atoms with E-state index >= 15 is 0 Å². The molecule has 0 bridgehead atoms. The minimum Gasteiger partial charge on any atom is -0.419 e. The van der Waals surface area contributed by atoms with Gasteiger partial charge in [0.25, 0.3) is 5.91 Å². The maximum absolute atomic E-state index is 12.6. The molecule has 0 radical (unpaired) electrons.